The predicted octanol–water partition coefficient (Wildman–Crippen LogP) is 3.49. The summed E-state index contributed by atoms with van der Waals surface area (Å²) >= 11 is 0. The molecule has 0 aromatic rings. The zero-order valence-corrected chi connectivity index (χ0v) is 8.69. The van der Waals surface area contributed by atoms with Crippen LogP contribution in [-0.4, -0.2) is 12.3 Å². The molecule has 0 saturated heterocycles. The van der Waals surface area contributed by atoms with Crippen LogP contribution in [0.4, 0.5) is 0 Å². The second-order valence-corrected chi connectivity index (χ2v) is 4.97. The third-order valence-electron chi connectivity index (χ3n) is 2.34. The van der Waals surface area contributed by atoms with E-state index in [1.807, 2.05) is 0 Å². The number of hydrogen-bond donors (Lipinski definition) is 0. The second kappa shape index (κ2) is 5.66. The molecule has 0 N–H and O–H groups in total. The summed E-state index contributed by atoms with van der Waals surface area (Å²) in [5, 5.41) is 0. The molecule has 0 amide bonds. The zero-order chi connectivity index (χ0) is 8.81. The summed E-state index contributed by atoms with van der Waals surface area (Å²) in [4.78, 5) is 0. The minimum atomic E-state index is -1.34. The molecule has 0 bridgehead atoms. The summed E-state index contributed by atoms with van der Waals surface area (Å²) in [5.41, 5.74) is 0.372. The Kier molecular flexibility index (Phi) is 4.79. The van der Waals surface area contributed by atoms with E-state index in [1.165, 1.54) is 12.8 Å². The number of rotatable bonds is 5. The van der Waals surface area contributed by atoms with Crippen LogP contribution in [0.3, 0.4) is 0 Å². The molecule has 0 heterocycles. The lowest BCUT2D eigenvalue weighted by atomic mass is 10.4. The van der Waals surface area contributed by atoms with Crippen LogP contribution in [0.5, 0.6) is 0 Å². The molecular formula is C9H18O2P+. The van der Waals surface area contributed by atoms with E-state index in [-0.39, 0.29) is 0 Å². The molecule has 3 heteroatoms. The molecule has 0 spiro atoms. The molecule has 70 valence electrons. The summed E-state index contributed by atoms with van der Waals surface area (Å²) in [6.07, 6.45) is 6.86. The fourth-order valence-corrected chi connectivity index (χ4v) is 2.83. The third-order valence-corrected chi connectivity index (χ3v) is 3.89. The van der Waals surface area contributed by atoms with Gasteiger partial charge in [-0.25, -0.2) is 0 Å². The average Bonchev–Trinajstić information content (AvgIpc) is 2.56. The largest absolute Gasteiger partial charge is 0.511 e. The third kappa shape index (κ3) is 3.20. The molecule has 1 aliphatic carbocycles. The van der Waals surface area contributed by atoms with E-state index in [2.05, 4.69) is 6.92 Å². The van der Waals surface area contributed by atoms with Crippen LogP contribution in [0.25, 0.3) is 0 Å². The van der Waals surface area contributed by atoms with Gasteiger partial charge in [-0.3, -0.25) is 0 Å². The molecule has 1 atom stereocenters. The highest BCUT2D eigenvalue weighted by Gasteiger charge is 2.34. The Hall–Kier alpha value is 0.0600. The van der Waals surface area contributed by atoms with E-state index in [1.54, 1.807) is 0 Å². The van der Waals surface area contributed by atoms with Crippen molar-refractivity contribution in [3.8, 4) is 0 Å². The maximum absolute atomic E-state index is 11.4. The minimum Gasteiger partial charge on any atom is -0.146 e. The monoisotopic (exact) mass is 189 g/mol. The summed E-state index contributed by atoms with van der Waals surface area (Å²) in [7, 11) is -1.34. The van der Waals surface area contributed by atoms with Gasteiger partial charge in [0.1, 0.15) is 6.61 Å². The first kappa shape index (κ1) is 10.1. The van der Waals surface area contributed by atoms with Crippen molar-refractivity contribution in [2.75, 3.05) is 6.61 Å². The van der Waals surface area contributed by atoms with Crippen LogP contribution < -0.4 is 0 Å². The van der Waals surface area contributed by atoms with Crippen molar-refractivity contribution in [3.63, 3.8) is 0 Å². The predicted molar refractivity (Wildman–Crippen MR) is 50.7 cm³/mol. The Balaban J connectivity index is 2.10. The molecule has 1 saturated carbocycles. The van der Waals surface area contributed by atoms with E-state index < -0.39 is 8.03 Å². The van der Waals surface area contributed by atoms with E-state index in [0.29, 0.717) is 12.3 Å². The average molecular weight is 189 g/mol. The molecule has 2 nitrogen and oxygen atoms in total. The van der Waals surface area contributed by atoms with E-state index in [9.17, 15) is 4.57 Å². The van der Waals surface area contributed by atoms with Crippen LogP contribution in [0, 0.1) is 0 Å². The molecule has 0 aromatic carbocycles. The molecule has 0 radical (unpaired) electrons. The van der Waals surface area contributed by atoms with Gasteiger partial charge >= 0.3 is 8.03 Å². The fourth-order valence-electron chi connectivity index (χ4n) is 1.52. The van der Waals surface area contributed by atoms with Gasteiger partial charge < -0.3 is 0 Å². The van der Waals surface area contributed by atoms with Crippen molar-refractivity contribution in [2.45, 2.75) is 51.1 Å². The van der Waals surface area contributed by atoms with Crippen molar-refractivity contribution in [1.82, 2.24) is 0 Å². The van der Waals surface area contributed by atoms with Crippen LogP contribution in [0.1, 0.15) is 45.4 Å². The highest BCUT2D eigenvalue weighted by Crippen LogP contribution is 2.40. The van der Waals surface area contributed by atoms with Gasteiger partial charge in [-0.2, -0.15) is 0 Å². The SMILES string of the molecule is CCCCO[P+](=O)C1CCCC1. The van der Waals surface area contributed by atoms with E-state index in [0.717, 1.165) is 25.7 Å². The quantitative estimate of drug-likeness (QED) is 0.488. The highest BCUT2D eigenvalue weighted by atomic mass is 31.1. The first-order chi connectivity index (χ1) is 5.84. The lowest BCUT2D eigenvalue weighted by Crippen LogP contribution is -1.97. The van der Waals surface area contributed by atoms with Gasteiger partial charge in [-0.15, -0.1) is 4.52 Å². The molecule has 1 aliphatic rings. The van der Waals surface area contributed by atoms with Gasteiger partial charge in [-0.1, -0.05) is 13.3 Å². The van der Waals surface area contributed by atoms with Crippen molar-refractivity contribution in [3.05, 3.63) is 0 Å². The Bertz CT molecular complexity index is 141. The Labute approximate surface area is 75.6 Å². The maximum Gasteiger partial charge on any atom is 0.511 e. The summed E-state index contributed by atoms with van der Waals surface area (Å²) in [5.74, 6) is 0. The summed E-state index contributed by atoms with van der Waals surface area (Å²) in [6, 6.07) is 0. The maximum atomic E-state index is 11.4. The molecule has 12 heavy (non-hydrogen) atoms. The van der Waals surface area contributed by atoms with Crippen LogP contribution in [0.15, 0.2) is 0 Å². The molecular weight excluding hydrogens is 171 g/mol. The van der Waals surface area contributed by atoms with Crippen molar-refractivity contribution in [2.24, 2.45) is 0 Å². The number of hydrogen-bond acceptors (Lipinski definition) is 2. The lowest BCUT2D eigenvalue weighted by molar-refractivity contribution is 0.315. The first-order valence-corrected chi connectivity index (χ1v) is 6.18. The van der Waals surface area contributed by atoms with Gasteiger partial charge in [0.15, 0.2) is 5.66 Å². The smallest absolute Gasteiger partial charge is 0.146 e. The van der Waals surface area contributed by atoms with Crippen LogP contribution in [0.2, 0.25) is 0 Å². The van der Waals surface area contributed by atoms with Gasteiger partial charge in [-0.05, 0) is 36.7 Å². The summed E-state index contributed by atoms with van der Waals surface area (Å²) < 4.78 is 16.7. The van der Waals surface area contributed by atoms with Crippen LogP contribution in [-0.2, 0) is 9.09 Å². The Morgan fingerprint density at radius 1 is 1.42 bits per heavy atom. The molecule has 1 rings (SSSR count). The van der Waals surface area contributed by atoms with Crippen molar-refractivity contribution < 1.29 is 9.09 Å². The minimum absolute atomic E-state index is 0.372. The molecule has 1 unspecified atom stereocenters. The highest BCUT2D eigenvalue weighted by molar-refractivity contribution is 7.40. The Morgan fingerprint density at radius 2 is 2.08 bits per heavy atom. The zero-order valence-electron chi connectivity index (χ0n) is 7.79. The standard InChI is InChI=1S/C9H18O2P/c1-2-3-8-11-12(10)9-6-4-5-7-9/h9H,2-8H2,1H3/q+1. The van der Waals surface area contributed by atoms with E-state index >= 15 is 0 Å². The van der Waals surface area contributed by atoms with Gasteiger partial charge in [0, 0.05) is 0 Å². The molecule has 0 aliphatic heterocycles. The van der Waals surface area contributed by atoms with E-state index in [4.69, 9.17) is 4.52 Å². The fraction of sp³-hybridized carbons (Fsp3) is 1.00. The van der Waals surface area contributed by atoms with Crippen LogP contribution >= 0.6 is 8.03 Å². The topological polar surface area (TPSA) is 26.3 Å². The lowest BCUT2D eigenvalue weighted by Gasteiger charge is -1.94. The second-order valence-electron chi connectivity index (χ2n) is 3.41. The summed E-state index contributed by atoms with van der Waals surface area (Å²) in [6.45, 7) is 2.80. The Morgan fingerprint density at radius 3 is 2.67 bits per heavy atom. The number of unbranched alkanes of at least 4 members (excludes halogenated alkanes) is 1. The van der Waals surface area contributed by atoms with Gasteiger partial charge in [0.25, 0.3) is 0 Å². The molecule has 0 aromatic heterocycles. The molecule has 1 fully saturated rings. The van der Waals surface area contributed by atoms with Crippen molar-refractivity contribution >= 4 is 8.03 Å². The first-order valence-electron chi connectivity index (χ1n) is 4.94. The van der Waals surface area contributed by atoms with Gasteiger partial charge in [0.2, 0.25) is 0 Å². The normalized spacial score (nSPS) is 19.9. The van der Waals surface area contributed by atoms with Gasteiger partial charge in [0.05, 0.1) is 0 Å². The van der Waals surface area contributed by atoms with Crippen molar-refractivity contribution in [1.29, 1.82) is 0 Å².